The molecule has 0 radical (unpaired) electrons. The van der Waals surface area contributed by atoms with E-state index in [0.29, 0.717) is 0 Å². The predicted octanol–water partition coefficient (Wildman–Crippen LogP) is 1.20. The van der Waals surface area contributed by atoms with Crippen LogP contribution in [0.2, 0.25) is 0 Å². The minimum Gasteiger partial charge on any atom is -0.482 e. The van der Waals surface area contributed by atoms with Crippen molar-refractivity contribution < 1.29 is 19.4 Å². The van der Waals surface area contributed by atoms with Gasteiger partial charge in [-0.05, 0) is 5.56 Å². The Morgan fingerprint density at radius 1 is 1.11 bits per heavy atom. The molecule has 0 unspecified atom stereocenters. The zero-order chi connectivity index (χ0) is 13.7. The molecule has 1 aromatic heterocycles. The zero-order valence-electron chi connectivity index (χ0n) is 10.2. The zero-order valence-corrected chi connectivity index (χ0v) is 10.2. The van der Waals surface area contributed by atoms with Crippen LogP contribution in [-0.4, -0.2) is 10.2 Å². The first-order valence-corrected chi connectivity index (χ1v) is 5.79. The van der Waals surface area contributed by atoms with Gasteiger partial charge in [-0.1, -0.05) is 30.3 Å². The van der Waals surface area contributed by atoms with E-state index in [2.05, 4.69) is 0 Å². The molecule has 1 aromatic carbocycles. The Balaban J connectivity index is 2.22. The third-order valence-electron chi connectivity index (χ3n) is 2.55. The normalized spacial score (nSPS) is 10.4. The Labute approximate surface area is 109 Å². The molecule has 19 heavy (non-hydrogen) atoms. The second kappa shape index (κ2) is 6.17. The number of rotatable bonds is 5. The fraction of sp³-hybridized carbons (Fsp3) is 0.214. The Bertz CT molecular complexity index is 589. The molecular weight excluding hydrogens is 248 g/mol. The van der Waals surface area contributed by atoms with Crippen LogP contribution in [0.25, 0.3) is 0 Å². The quantitative estimate of drug-likeness (QED) is 0.846. The van der Waals surface area contributed by atoms with Gasteiger partial charge in [-0.15, -0.1) is 0 Å². The highest BCUT2D eigenvalue weighted by atomic mass is 16.5. The van der Waals surface area contributed by atoms with Crippen molar-refractivity contribution in [3.63, 3.8) is 0 Å². The van der Waals surface area contributed by atoms with E-state index in [4.69, 9.17) is 19.4 Å². The molecule has 0 saturated carbocycles. The molecule has 0 aliphatic carbocycles. The summed E-state index contributed by atoms with van der Waals surface area (Å²) in [5.74, 6) is 0.0946. The predicted molar refractivity (Wildman–Crippen MR) is 67.6 cm³/mol. The highest BCUT2D eigenvalue weighted by Gasteiger charge is 2.13. The van der Waals surface area contributed by atoms with Crippen molar-refractivity contribution in [1.29, 1.82) is 0 Å². The average molecular weight is 262 g/mol. The van der Waals surface area contributed by atoms with Crippen LogP contribution in [0, 0.1) is 0 Å². The summed E-state index contributed by atoms with van der Waals surface area (Å²) < 4.78 is 10.5. The van der Waals surface area contributed by atoms with E-state index in [9.17, 15) is 4.79 Å². The van der Waals surface area contributed by atoms with Gasteiger partial charge in [0.25, 0.3) is 0 Å². The van der Waals surface area contributed by atoms with Gasteiger partial charge in [-0.25, -0.2) is 0 Å². The number of benzene rings is 1. The Hall–Kier alpha value is -2.11. The molecule has 5 heteroatoms. The van der Waals surface area contributed by atoms with Gasteiger partial charge < -0.3 is 19.4 Å². The van der Waals surface area contributed by atoms with E-state index in [-0.39, 0.29) is 23.9 Å². The molecule has 100 valence electrons. The first-order chi connectivity index (χ1) is 9.24. The molecule has 0 saturated heterocycles. The van der Waals surface area contributed by atoms with E-state index in [1.807, 2.05) is 30.3 Å². The van der Waals surface area contributed by atoms with Crippen molar-refractivity contribution in [3.8, 4) is 5.75 Å². The monoisotopic (exact) mass is 262 g/mol. The molecular formula is C14H14O5. The lowest BCUT2D eigenvalue weighted by molar-refractivity contribution is 0.191. The van der Waals surface area contributed by atoms with Crippen molar-refractivity contribution in [3.05, 3.63) is 63.7 Å². The number of hydrogen-bond acceptors (Lipinski definition) is 5. The van der Waals surface area contributed by atoms with Gasteiger partial charge >= 0.3 is 0 Å². The van der Waals surface area contributed by atoms with E-state index in [1.165, 1.54) is 0 Å². The molecule has 1 heterocycles. The standard InChI is InChI=1S/C14H14O5/c15-7-11-6-12(17)14(13(8-16)19-11)18-9-10-4-2-1-3-5-10/h1-6,15-16H,7-9H2. The summed E-state index contributed by atoms with van der Waals surface area (Å²) in [6.07, 6.45) is 0. The summed E-state index contributed by atoms with van der Waals surface area (Å²) in [4.78, 5) is 11.8. The lowest BCUT2D eigenvalue weighted by atomic mass is 10.2. The minimum absolute atomic E-state index is 0.0208. The summed E-state index contributed by atoms with van der Waals surface area (Å²) in [6, 6.07) is 10.5. The summed E-state index contributed by atoms with van der Waals surface area (Å²) in [7, 11) is 0. The average Bonchev–Trinajstić information content (AvgIpc) is 2.46. The maximum atomic E-state index is 11.8. The van der Waals surface area contributed by atoms with Crippen LogP contribution in [0.5, 0.6) is 5.75 Å². The second-order valence-electron chi connectivity index (χ2n) is 3.92. The van der Waals surface area contributed by atoms with Crippen LogP contribution in [0.4, 0.5) is 0 Å². The van der Waals surface area contributed by atoms with Gasteiger partial charge in [0.05, 0.1) is 0 Å². The van der Waals surface area contributed by atoms with E-state index < -0.39 is 18.6 Å². The minimum atomic E-state index is -0.465. The molecule has 2 N–H and O–H groups in total. The van der Waals surface area contributed by atoms with Crippen LogP contribution >= 0.6 is 0 Å². The Kier molecular flexibility index (Phi) is 4.33. The Morgan fingerprint density at radius 2 is 1.84 bits per heavy atom. The Morgan fingerprint density at radius 3 is 2.47 bits per heavy atom. The van der Waals surface area contributed by atoms with Crippen LogP contribution in [0.3, 0.4) is 0 Å². The number of aliphatic hydroxyl groups is 2. The summed E-state index contributed by atoms with van der Waals surface area (Å²) >= 11 is 0. The lowest BCUT2D eigenvalue weighted by Gasteiger charge is -2.09. The molecule has 2 rings (SSSR count). The van der Waals surface area contributed by atoms with Crippen molar-refractivity contribution in [2.45, 2.75) is 19.8 Å². The molecule has 2 aromatic rings. The summed E-state index contributed by atoms with van der Waals surface area (Å²) in [5, 5.41) is 18.1. The number of hydrogen-bond donors (Lipinski definition) is 2. The molecule has 0 fully saturated rings. The lowest BCUT2D eigenvalue weighted by Crippen LogP contribution is -2.11. The van der Waals surface area contributed by atoms with Gasteiger partial charge in [-0.3, -0.25) is 4.79 Å². The van der Waals surface area contributed by atoms with Gasteiger partial charge in [-0.2, -0.15) is 0 Å². The van der Waals surface area contributed by atoms with Crippen molar-refractivity contribution in [2.75, 3.05) is 0 Å². The fourth-order valence-electron chi connectivity index (χ4n) is 1.65. The highest BCUT2D eigenvalue weighted by molar-refractivity contribution is 5.26. The molecule has 0 aliphatic heterocycles. The topological polar surface area (TPSA) is 79.9 Å². The van der Waals surface area contributed by atoms with Gasteiger partial charge in [0.1, 0.15) is 25.6 Å². The molecule has 0 spiro atoms. The number of ether oxygens (including phenoxy) is 1. The first kappa shape index (κ1) is 13.3. The smallest absolute Gasteiger partial charge is 0.227 e. The molecule has 0 aliphatic rings. The van der Waals surface area contributed by atoms with Crippen LogP contribution in [0.15, 0.2) is 45.6 Å². The van der Waals surface area contributed by atoms with Gasteiger partial charge in [0.2, 0.25) is 11.2 Å². The van der Waals surface area contributed by atoms with Crippen molar-refractivity contribution >= 4 is 0 Å². The van der Waals surface area contributed by atoms with Gasteiger partial charge in [0, 0.05) is 6.07 Å². The molecule has 0 atom stereocenters. The maximum Gasteiger partial charge on any atom is 0.227 e. The maximum absolute atomic E-state index is 11.8. The van der Waals surface area contributed by atoms with E-state index in [1.54, 1.807) is 0 Å². The second-order valence-corrected chi connectivity index (χ2v) is 3.92. The van der Waals surface area contributed by atoms with E-state index in [0.717, 1.165) is 11.6 Å². The number of aliphatic hydroxyl groups excluding tert-OH is 2. The third kappa shape index (κ3) is 3.21. The van der Waals surface area contributed by atoms with Crippen LogP contribution in [0.1, 0.15) is 17.1 Å². The SMILES string of the molecule is O=c1cc(CO)oc(CO)c1OCc1ccccc1. The summed E-state index contributed by atoms with van der Waals surface area (Å²) in [5.41, 5.74) is 0.479. The summed E-state index contributed by atoms with van der Waals surface area (Å²) in [6.45, 7) is -0.661. The molecule has 0 amide bonds. The van der Waals surface area contributed by atoms with Crippen molar-refractivity contribution in [1.82, 2.24) is 0 Å². The highest BCUT2D eigenvalue weighted by Crippen LogP contribution is 2.17. The van der Waals surface area contributed by atoms with Crippen molar-refractivity contribution in [2.24, 2.45) is 0 Å². The first-order valence-electron chi connectivity index (χ1n) is 5.79. The van der Waals surface area contributed by atoms with Gasteiger partial charge in [0.15, 0.2) is 5.76 Å². The van der Waals surface area contributed by atoms with E-state index >= 15 is 0 Å². The third-order valence-corrected chi connectivity index (χ3v) is 2.55. The molecule has 0 bridgehead atoms. The van der Waals surface area contributed by atoms with Crippen LogP contribution in [-0.2, 0) is 19.8 Å². The fourth-order valence-corrected chi connectivity index (χ4v) is 1.65. The van der Waals surface area contributed by atoms with Crippen LogP contribution < -0.4 is 10.2 Å². The largest absolute Gasteiger partial charge is 0.482 e. The molecule has 5 nitrogen and oxygen atoms in total.